The highest BCUT2D eigenvalue weighted by molar-refractivity contribution is 5.91. The summed E-state index contributed by atoms with van der Waals surface area (Å²) < 4.78 is 11.4. The fourth-order valence-electron chi connectivity index (χ4n) is 3.16. The van der Waals surface area contributed by atoms with Crippen LogP contribution in [0, 0.1) is 0 Å². The second kappa shape index (κ2) is 7.46. The van der Waals surface area contributed by atoms with Gasteiger partial charge in [-0.15, -0.1) is 0 Å². The van der Waals surface area contributed by atoms with E-state index in [0.717, 1.165) is 22.8 Å². The maximum atomic E-state index is 12.3. The Kier molecular flexibility index (Phi) is 5.22. The van der Waals surface area contributed by atoms with E-state index in [4.69, 9.17) is 25.1 Å². The van der Waals surface area contributed by atoms with Crippen LogP contribution in [0.1, 0.15) is 30.0 Å². The summed E-state index contributed by atoms with van der Waals surface area (Å²) >= 11 is 0. The number of carbonyl (C=O) groups is 1. The number of ether oxygens (including phenoxy) is 1. The Bertz CT molecular complexity index is 1100. The van der Waals surface area contributed by atoms with E-state index in [1.807, 2.05) is 38.1 Å². The van der Waals surface area contributed by atoms with E-state index >= 15 is 0 Å². The van der Waals surface area contributed by atoms with Crippen molar-refractivity contribution >= 4 is 16.9 Å². The van der Waals surface area contributed by atoms with E-state index in [0.29, 0.717) is 17.7 Å². The quantitative estimate of drug-likeness (QED) is 0.622. The molecule has 146 valence electrons. The van der Waals surface area contributed by atoms with E-state index in [1.54, 1.807) is 12.1 Å². The van der Waals surface area contributed by atoms with Gasteiger partial charge in [0.15, 0.2) is 5.43 Å². The van der Waals surface area contributed by atoms with Gasteiger partial charge in [0, 0.05) is 29.8 Å². The molecule has 1 aliphatic heterocycles. The van der Waals surface area contributed by atoms with Gasteiger partial charge in [-0.25, -0.2) is 4.79 Å². The summed E-state index contributed by atoms with van der Waals surface area (Å²) in [7, 11) is 0. The molecule has 0 bridgehead atoms. The lowest BCUT2D eigenvalue weighted by atomic mass is 9.86. The zero-order valence-electron chi connectivity index (χ0n) is 15.6. The second-order valence-electron chi connectivity index (χ2n) is 6.79. The molecule has 3 aromatic rings. The number of fused-ring (bicyclic) bond motifs is 4. The molecule has 1 aliphatic rings. The Hall–Kier alpha value is -3.16. The molecule has 2 heterocycles. The number of nitrogens with two attached hydrogens (primary N) is 1. The molecule has 0 fully saturated rings. The summed E-state index contributed by atoms with van der Waals surface area (Å²) in [4.78, 5) is 23.4. The third-order valence-electron chi connectivity index (χ3n) is 4.40. The van der Waals surface area contributed by atoms with Crippen molar-refractivity contribution in [1.82, 2.24) is 0 Å². The van der Waals surface area contributed by atoms with Gasteiger partial charge in [-0.05, 0) is 25.5 Å². The lowest BCUT2D eigenvalue weighted by Crippen LogP contribution is -2.29. The Morgan fingerprint density at radius 1 is 1.14 bits per heavy atom. The molecular weight excluding hydrogens is 362 g/mol. The van der Waals surface area contributed by atoms with Crippen molar-refractivity contribution in [3.63, 3.8) is 0 Å². The number of aromatic carboxylic acids is 1. The van der Waals surface area contributed by atoms with Gasteiger partial charge in [-0.2, -0.15) is 0 Å². The van der Waals surface area contributed by atoms with Crippen LogP contribution < -0.4 is 15.9 Å². The van der Waals surface area contributed by atoms with Gasteiger partial charge in [-0.1, -0.05) is 24.3 Å². The molecule has 0 saturated heterocycles. The van der Waals surface area contributed by atoms with Gasteiger partial charge in [0.1, 0.15) is 16.9 Å². The third kappa shape index (κ3) is 3.49. The maximum absolute atomic E-state index is 12.3. The molecule has 7 heteroatoms. The topological polar surface area (TPSA) is 123 Å². The Balaban J connectivity index is 0.000000516. The fraction of sp³-hybridized carbons (Fsp3) is 0.238. The van der Waals surface area contributed by atoms with E-state index in [2.05, 4.69) is 0 Å². The van der Waals surface area contributed by atoms with Crippen LogP contribution in [0.4, 0.5) is 0 Å². The smallest absolute Gasteiger partial charge is 0.371 e. The Morgan fingerprint density at radius 2 is 1.82 bits per heavy atom. The van der Waals surface area contributed by atoms with E-state index in [1.165, 1.54) is 0 Å². The first-order valence-electron chi connectivity index (χ1n) is 8.73. The van der Waals surface area contributed by atoms with Crippen LogP contribution in [-0.4, -0.2) is 29.3 Å². The minimum atomic E-state index is -1.28. The summed E-state index contributed by atoms with van der Waals surface area (Å²) in [6.45, 7) is 4.39. The van der Waals surface area contributed by atoms with Crippen molar-refractivity contribution in [2.24, 2.45) is 5.73 Å². The van der Waals surface area contributed by atoms with Crippen LogP contribution in [0.25, 0.3) is 22.1 Å². The largest absolute Gasteiger partial charge is 0.482 e. The molecule has 1 aromatic heterocycles. The van der Waals surface area contributed by atoms with Crippen molar-refractivity contribution in [3.8, 4) is 16.9 Å². The van der Waals surface area contributed by atoms with Crippen molar-refractivity contribution < 1.29 is 24.2 Å². The number of benzene rings is 2. The number of hydrogen-bond donors (Lipinski definition) is 3. The molecule has 0 spiro atoms. The highest BCUT2D eigenvalue weighted by atomic mass is 16.5. The van der Waals surface area contributed by atoms with Gasteiger partial charge < -0.3 is 25.1 Å². The zero-order chi connectivity index (χ0) is 20.5. The molecule has 4 N–H and O–H groups in total. The molecule has 28 heavy (non-hydrogen) atoms. The number of carboxylic acids is 1. The van der Waals surface area contributed by atoms with Gasteiger partial charge >= 0.3 is 5.97 Å². The van der Waals surface area contributed by atoms with Crippen LogP contribution >= 0.6 is 0 Å². The molecule has 4 rings (SSSR count). The highest BCUT2D eigenvalue weighted by Crippen LogP contribution is 2.46. The van der Waals surface area contributed by atoms with Gasteiger partial charge in [0.2, 0.25) is 5.76 Å². The first-order chi connectivity index (χ1) is 13.3. The molecule has 0 aliphatic carbocycles. The Morgan fingerprint density at radius 3 is 2.46 bits per heavy atom. The lowest BCUT2D eigenvalue weighted by Gasteiger charge is -2.34. The van der Waals surface area contributed by atoms with Crippen LogP contribution in [0.5, 0.6) is 5.75 Å². The van der Waals surface area contributed by atoms with Crippen molar-refractivity contribution in [1.29, 1.82) is 0 Å². The average Bonchev–Trinajstić information content (AvgIpc) is 2.67. The summed E-state index contributed by atoms with van der Waals surface area (Å²) in [5, 5.41) is 17.1. The third-order valence-corrected chi connectivity index (χ3v) is 4.40. The van der Waals surface area contributed by atoms with Crippen molar-refractivity contribution in [2.45, 2.75) is 19.4 Å². The van der Waals surface area contributed by atoms with Crippen molar-refractivity contribution in [2.75, 3.05) is 13.2 Å². The summed E-state index contributed by atoms with van der Waals surface area (Å²) in [5.74, 6) is -1.10. The predicted molar refractivity (Wildman–Crippen MR) is 105 cm³/mol. The first-order valence-corrected chi connectivity index (χ1v) is 8.73. The SMILES string of the molecule is CC1(C)Oc2cc3oc(C(=O)O)cc(=O)c3cc2-c2ccccc21.NCCO. The normalized spacial score (nSPS) is 13.6. The monoisotopic (exact) mass is 383 g/mol. The molecular formula is C21H21NO6. The molecule has 7 nitrogen and oxygen atoms in total. The van der Waals surface area contributed by atoms with Gasteiger partial charge in [-0.3, -0.25) is 4.79 Å². The van der Waals surface area contributed by atoms with Gasteiger partial charge in [0.05, 0.1) is 12.0 Å². The number of carboxylic acid groups (broad SMARTS) is 1. The molecule has 2 aromatic carbocycles. The maximum Gasteiger partial charge on any atom is 0.371 e. The Labute approximate surface area is 161 Å². The minimum absolute atomic E-state index is 0.0972. The lowest BCUT2D eigenvalue weighted by molar-refractivity contribution is 0.0662. The number of hydrogen-bond acceptors (Lipinski definition) is 6. The highest BCUT2D eigenvalue weighted by Gasteiger charge is 2.32. The summed E-state index contributed by atoms with van der Waals surface area (Å²) in [6.07, 6.45) is 0. The van der Waals surface area contributed by atoms with Crippen LogP contribution in [0.15, 0.2) is 51.7 Å². The van der Waals surface area contributed by atoms with E-state index < -0.39 is 17.0 Å². The van der Waals surface area contributed by atoms with E-state index in [-0.39, 0.29) is 18.0 Å². The zero-order valence-corrected chi connectivity index (χ0v) is 15.6. The van der Waals surface area contributed by atoms with Crippen LogP contribution in [0.2, 0.25) is 0 Å². The molecule has 0 radical (unpaired) electrons. The number of aliphatic hydroxyl groups excluding tert-OH is 1. The van der Waals surface area contributed by atoms with E-state index in [9.17, 15) is 9.59 Å². The fourth-order valence-corrected chi connectivity index (χ4v) is 3.16. The average molecular weight is 383 g/mol. The molecule has 0 atom stereocenters. The van der Waals surface area contributed by atoms with Crippen LogP contribution in [0.3, 0.4) is 0 Å². The van der Waals surface area contributed by atoms with Gasteiger partial charge in [0.25, 0.3) is 0 Å². The minimum Gasteiger partial charge on any atom is -0.482 e. The standard InChI is InChI=1S/C19H14O5.C2H7NO/c1-19(2)13-6-4-3-5-10(13)11-7-12-14(20)8-17(18(21)22)23-15(12)9-16(11)24-19;3-1-2-4/h3-9H,1-2H3,(H,21,22);4H,1-3H2. The number of aliphatic hydroxyl groups is 1. The summed E-state index contributed by atoms with van der Waals surface area (Å²) in [5.41, 5.74) is 6.87. The summed E-state index contributed by atoms with van der Waals surface area (Å²) in [6, 6.07) is 12.2. The molecule has 0 amide bonds. The second-order valence-corrected chi connectivity index (χ2v) is 6.79. The first kappa shape index (κ1) is 19.6. The molecule has 0 saturated carbocycles. The van der Waals surface area contributed by atoms with Crippen LogP contribution in [-0.2, 0) is 5.60 Å². The predicted octanol–water partition coefficient (Wildman–Crippen LogP) is 2.72. The number of rotatable bonds is 2. The van der Waals surface area contributed by atoms with Crippen molar-refractivity contribution in [3.05, 3.63) is 64.0 Å². The molecule has 0 unspecified atom stereocenters.